The molecule has 8 heavy (non-hydrogen) atoms. The Balaban J connectivity index is -0.000000125. The third-order valence-corrected chi connectivity index (χ3v) is 1.10. The summed E-state index contributed by atoms with van der Waals surface area (Å²) in [5.41, 5.74) is 0. The molecular formula is H2K2O4S2. The van der Waals surface area contributed by atoms with Crippen LogP contribution >= 0.6 is 0 Å². The first-order valence-electron chi connectivity index (χ1n) is 0.865. The first-order valence-corrected chi connectivity index (χ1v) is 3.60. The Bertz CT molecular complexity index is 78.0. The fraction of sp³-hybridized carbons (Fsp3) is 0. The van der Waals surface area contributed by atoms with Crippen LogP contribution in [0.4, 0.5) is 0 Å². The van der Waals surface area contributed by atoms with Crippen LogP contribution in [0.25, 0.3) is 0 Å². The van der Waals surface area contributed by atoms with Crippen LogP contribution in [0.1, 0.15) is 0 Å². The third-order valence-electron chi connectivity index (χ3n) is 0.122. The van der Waals surface area contributed by atoms with Crippen LogP contribution in [0.2, 0.25) is 0 Å². The van der Waals surface area contributed by atoms with Gasteiger partial charge in [0.2, 0.25) is 0 Å². The zero-order valence-electron chi connectivity index (χ0n) is 4.53. The quantitative estimate of drug-likeness (QED) is 0.315. The zero-order valence-corrected chi connectivity index (χ0v) is 12.4. The molecule has 2 atom stereocenters. The molecule has 0 aliphatic carbocycles. The van der Waals surface area contributed by atoms with Crippen molar-refractivity contribution in [2.75, 3.05) is 0 Å². The Morgan fingerprint density at radius 2 is 1.00 bits per heavy atom. The van der Waals surface area contributed by atoms with Crippen LogP contribution in [0.15, 0.2) is 0 Å². The number of rotatable bonds is 1. The molecule has 2 radical (unpaired) electrons. The first kappa shape index (κ1) is 17.5. The van der Waals surface area contributed by atoms with Gasteiger partial charge in [-0.25, -0.2) is 8.42 Å². The molecule has 0 bridgehead atoms. The molecule has 0 heterocycles. The summed E-state index contributed by atoms with van der Waals surface area (Å²) in [4.78, 5) is 0. The van der Waals surface area contributed by atoms with Gasteiger partial charge >= 0.3 is 0 Å². The fourth-order valence-corrected chi connectivity index (χ4v) is 0. The summed E-state index contributed by atoms with van der Waals surface area (Å²) in [5, 5.41) is 0. The van der Waals surface area contributed by atoms with Gasteiger partial charge < -0.3 is 0 Å². The van der Waals surface area contributed by atoms with Crippen LogP contribution < -0.4 is 0 Å². The molecule has 0 saturated carbocycles. The molecule has 4 nitrogen and oxygen atoms in total. The molecule has 8 heteroatoms. The Morgan fingerprint density at radius 3 is 1.00 bits per heavy atom. The van der Waals surface area contributed by atoms with Gasteiger partial charge in [0.15, 0.2) is 0 Å². The van der Waals surface area contributed by atoms with E-state index in [9.17, 15) is 8.42 Å². The van der Waals surface area contributed by atoms with Crippen LogP contribution in [-0.2, 0) is 20.2 Å². The van der Waals surface area contributed by atoms with Crippen molar-refractivity contribution >= 4 is 123 Å². The van der Waals surface area contributed by atoms with E-state index in [1.165, 1.54) is 0 Å². The molecule has 0 aromatic heterocycles. The molecule has 0 rings (SSSR count). The van der Waals surface area contributed by atoms with Crippen LogP contribution in [0.3, 0.4) is 0 Å². The van der Waals surface area contributed by atoms with E-state index in [0.717, 1.165) is 0 Å². The van der Waals surface area contributed by atoms with Crippen LogP contribution in [0.5, 0.6) is 0 Å². The number of hydrogen-bond acceptors (Lipinski definition) is 2. The zero-order chi connectivity index (χ0) is 5.15. The Morgan fingerprint density at radius 1 is 0.875 bits per heavy atom. The molecule has 40 valence electrons. The van der Waals surface area contributed by atoms with Gasteiger partial charge in [-0.05, 0) is 0 Å². The molecule has 0 amide bonds. The molecule has 0 fully saturated rings. The van der Waals surface area contributed by atoms with Gasteiger partial charge in [0.1, 0.15) is 0 Å². The average molecular weight is 208 g/mol. The molecule has 0 aromatic rings. The molecule has 0 aliphatic rings. The largest absolute Gasteiger partial charge is 0.294 e. The average Bonchev–Trinajstić information content (AvgIpc) is 1.36. The maximum Gasteiger partial charge on any atom is 0.274 e. The summed E-state index contributed by atoms with van der Waals surface area (Å²) in [6.07, 6.45) is 0. The van der Waals surface area contributed by atoms with E-state index in [2.05, 4.69) is 0 Å². The second-order valence-corrected chi connectivity index (χ2v) is 3.01. The fourth-order valence-electron chi connectivity index (χ4n) is 0. The second kappa shape index (κ2) is 10.5. The van der Waals surface area contributed by atoms with E-state index in [-0.39, 0.29) is 103 Å². The van der Waals surface area contributed by atoms with Crippen molar-refractivity contribution in [3.8, 4) is 0 Å². The minimum atomic E-state index is -2.59. The van der Waals surface area contributed by atoms with E-state index >= 15 is 0 Å². The topological polar surface area (TPSA) is 74.6 Å². The standard InChI is InChI=1S/2K.H2O4S2/c;;1-5(2)6(3)4/h;;(H,1,2)(H,3,4). The SMILES string of the molecule is O=S(O)S(=O)O.[K].[K]. The van der Waals surface area contributed by atoms with Gasteiger partial charge in [-0.3, -0.25) is 9.11 Å². The monoisotopic (exact) mass is 208 g/mol. The van der Waals surface area contributed by atoms with E-state index in [1.807, 2.05) is 0 Å². The summed E-state index contributed by atoms with van der Waals surface area (Å²) in [6, 6.07) is 0. The van der Waals surface area contributed by atoms with Gasteiger partial charge in [-0.15, -0.1) is 0 Å². The van der Waals surface area contributed by atoms with Gasteiger partial charge in [0.05, 0.1) is 0 Å². The molecule has 0 aromatic carbocycles. The summed E-state index contributed by atoms with van der Waals surface area (Å²) in [5.74, 6) is 0. The summed E-state index contributed by atoms with van der Waals surface area (Å²) in [7, 11) is -5.18. The van der Waals surface area contributed by atoms with Gasteiger partial charge in [0, 0.05) is 103 Å². The Hall–Kier alpha value is 3.49. The van der Waals surface area contributed by atoms with E-state index < -0.39 is 20.2 Å². The summed E-state index contributed by atoms with van der Waals surface area (Å²) < 4.78 is 33.6. The number of hydrogen-bond donors (Lipinski definition) is 2. The summed E-state index contributed by atoms with van der Waals surface area (Å²) >= 11 is 0. The minimum absolute atomic E-state index is 0. The second-order valence-electron chi connectivity index (χ2n) is 0.434. The predicted octanol–water partition coefficient (Wildman–Crippen LogP) is -1.42. The van der Waals surface area contributed by atoms with Crippen LogP contribution in [-0.4, -0.2) is 120 Å². The van der Waals surface area contributed by atoms with Crippen molar-refractivity contribution in [3.05, 3.63) is 0 Å². The first-order chi connectivity index (χ1) is 2.64. The Labute approximate surface area is 136 Å². The van der Waals surface area contributed by atoms with Crippen molar-refractivity contribution in [1.29, 1.82) is 0 Å². The summed E-state index contributed by atoms with van der Waals surface area (Å²) in [6.45, 7) is 0. The van der Waals surface area contributed by atoms with Crippen molar-refractivity contribution in [3.63, 3.8) is 0 Å². The maximum absolute atomic E-state index is 9.26. The van der Waals surface area contributed by atoms with E-state index in [1.54, 1.807) is 0 Å². The van der Waals surface area contributed by atoms with Crippen LogP contribution in [0, 0.1) is 0 Å². The van der Waals surface area contributed by atoms with E-state index in [0.29, 0.717) is 0 Å². The Kier molecular flexibility index (Phi) is 23.0. The van der Waals surface area contributed by atoms with E-state index in [4.69, 9.17) is 9.11 Å². The molecule has 0 spiro atoms. The van der Waals surface area contributed by atoms with Crippen molar-refractivity contribution < 1.29 is 17.5 Å². The van der Waals surface area contributed by atoms with Crippen molar-refractivity contribution in [1.82, 2.24) is 0 Å². The predicted molar refractivity (Wildman–Crippen MR) is 33.1 cm³/mol. The van der Waals surface area contributed by atoms with Crippen molar-refractivity contribution in [2.24, 2.45) is 0 Å². The van der Waals surface area contributed by atoms with Crippen molar-refractivity contribution in [2.45, 2.75) is 0 Å². The maximum atomic E-state index is 9.26. The minimum Gasteiger partial charge on any atom is -0.294 e. The van der Waals surface area contributed by atoms with Gasteiger partial charge in [-0.1, -0.05) is 0 Å². The molecule has 2 N–H and O–H groups in total. The smallest absolute Gasteiger partial charge is 0.274 e. The van der Waals surface area contributed by atoms with Gasteiger partial charge in [0.25, 0.3) is 20.2 Å². The molecule has 2 unspecified atom stereocenters. The van der Waals surface area contributed by atoms with Gasteiger partial charge in [-0.2, -0.15) is 0 Å². The molecular weight excluding hydrogens is 206 g/mol. The third kappa shape index (κ3) is 12.2. The normalized spacial score (nSPS) is 14.8. The molecule has 0 saturated heterocycles. The molecule has 0 aliphatic heterocycles.